The van der Waals surface area contributed by atoms with Gasteiger partial charge >= 0.3 is 0 Å². The number of carbonyl (C=O) groups is 1. The van der Waals surface area contributed by atoms with E-state index in [1.165, 1.54) is 6.20 Å². The standard InChI is InChI=1S/C24H24N6OS/c1-15(3-4-18(11-25)21-14-32-16(2)30-21)29-22(31)24(9-10-24)20-7-5-17(6-8-20)19-12-27-23(26)28-13-19/h3-8,11-14H,1,9-10,25H2,2H3,(H,29,31)(H2,26,27,28)/b4-3-,18-11+. The van der Waals surface area contributed by atoms with E-state index in [9.17, 15) is 4.79 Å². The van der Waals surface area contributed by atoms with Crippen LogP contribution in [-0.2, 0) is 10.2 Å². The molecule has 5 N–H and O–H groups in total. The maximum absolute atomic E-state index is 13.0. The normalized spacial score (nSPS) is 15.0. The highest BCUT2D eigenvalue weighted by atomic mass is 32.1. The van der Waals surface area contributed by atoms with Crippen molar-refractivity contribution in [1.29, 1.82) is 0 Å². The average Bonchev–Trinajstić information content (AvgIpc) is 3.50. The SMILES string of the molecule is C=C(/C=C\C(=C/N)c1csc(C)n1)NC(=O)C1(c2ccc(-c3cnc(N)nc3)cc2)CC1. The largest absolute Gasteiger partial charge is 0.404 e. The summed E-state index contributed by atoms with van der Waals surface area (Å²) in [5, 5.41) is 5.84. The minimum Gasteiger partial charge on any atom is -0.404 e. The molecular weight excluding hydrogens is 420 g/mol. The van der Waals surface area contributed by atoms with E-state index in [4.69, 9.17) is 11.5 Å². The van der Waals surface area contributed by atoms with Crippen molar-refractivity contribution in [2.45, 2.75) is 25.2 Å². The van der Waals surface area contributed by atoms with E-state index in [1.807, 2.05) is 36.6 Å². The van der Waals surface area contributed by atoms with Crippen molar-refractivity contribution in [2.75, 3.05) is 5.73 Å². The fourth-order valence-electron chi connectivity index (χ4n) is 3.46. The lowest BCUT2D eigenvalue weighted by atomic mass is 9.93. The Morgan fingerprint density at radius 1 is 1.16 bits per heavy atom. The van der Waals surface area contributed by atoms with Gasteiger partial charge in [0, 0.05) is 40.8 Å². The zero-order chi connectivity index (χ0) is 22.7. The van der Waals surface area contributed by atoms with Crippen LogP contribution in [0.3, 0.4) is 0 Å². The van der Waals surface area contributed by atoms with Crippen LogP contribution in [0, 0.1) is 6.92 Å². The number of thiazole rings is 1. The third-order valence-corrected chi connectivity index (χ3v) is 6.23. The van der Waals surface area contributed by atoms with Crippen molar-refractivity contribution in [1.82, 2.24) is 20.3 Å². The smallest absolute Gasteiger partial charge is 0.235 e. The number of nitrogens with two attached hydrogens (primary N) is 2. The molecule has 0 saturated heterocycles. The van der Waals surface area contributed by atoms with Crippen LogP contribution >= 0.6 is 11.3 Å². The summed E-state index contributed by atoms with van der Waals surface area (Å²) in [6, 6.07) is 7.91. The summed E-state index contributed by atoms with van der Waals surface area (Å²) in [6.45, 7) is 5.91. The Morgan fingerprint density at radius 3 is 2.41 bits per heavy atom. The number of carbonyl (C=O) groups excluding carboxylic acids is 1. The number of nitrogens with one attached hydrogen (secondary N) is 1. The van der Waals surface area contributed by atoms with Gasteiger partial charge < -0.3 is 16.8 Å². The molecule has 2 heterocycles. The summed E-state index contributed by atoms with van der Waals surface area (Å²) < 4.78 is 0. The number of aryl methyl sites for hydroxylation is 1. The molecule has 0 atom stereocenters. The van der Waals surface area contributed by atoms with Gasteiger partial charge in [0.2, 0.25) is 11.9 Å². The van der Waals surface area contributed by atoms with Crippen molar-refractivity contribution in [3.63, 3.8) is 0 Å². The lowest BCUT2D eigenvalue weighted by Gasteiger charge is -2.16. The zero-order valence-electron chi connectivity index (χ0n) is 17.7. The Labute approximate surface area is 190 Å². The van der Waals surface area contributed by atoms with Crippen LogP contribution in [0.1, 0.15) is 29.1 Å². The van der Waals surface area contributed by atoms with Gasteiger partial charge in [-0.3, -0.25) is 4.79 Å². The molecule has 162 valence electrons. The average molecular weight is 445 g/mol. The first-order valence-electron chi connectivity index (χ1n) is 10.1. The number of nitrogens with zero attached hydrogens (tertiary/aromatic N) is 3. The quantitative estimate of drug-likeness (QED) is 0.478. The molecule has 0 radical (unpaired) electrons. The van der Waals surface area contributed by atoms with Crippen LogP contribution in [0.25, 0.3) is 16.7 Å². The number of hydrogen-bond acceptors (Lipinski definition) is 7. The number of rotatable bonds is 7. The minimum absolute atomic E-state index is 0.0569. The molecule has 3 aromatic rings. The first kappa shape index (κ1) is 21.5. The second kappa shape index (κ2) is 8.76. The van der Waals surface area contributed by atoms with Gasteiger partial charge in [-0.15, -0.1) is 11.3 Å². The van der Waals surface area contributed by atoms with Crippen molar-refractivity contribution in [3.05, 3.63) is 88.9 Å². The fourth-order valence-corrected chi connectivity index (χ4v) is 4.08. The van der Waals surface area contributed by atoms with Crippen LogP contribution in [-0.4, -0.2) is 20.9 Å². The summed E-state index contributed by atoms with van der Waals surface area (Å²) in [7, 11) is 0. The first-order valence-corrected chi connectivity index (χ1v) is 11.0. The summed E-state index contributed by atoms with van der Waals surface area (Å²) in [6.07, 6.45) is 10.0. The van der Waals surface area contributed by atoms with Crippen molar-refractivity contribution < 1.29 is 4.79 Å². The highest BCUT2D eigenvalue weighted by molar-refractivity contribution is 7.09. The Hall–Kier alpha value is -3.78. The monoisotopic (exact) mass is 444 g/mol. The molecule has 1 amide bonds. The van der Waals surface area contributed by atoms with Gasteiger partial charge in [0.05, 0.1) is 16.1 Å². The van der Waals surface area contributed by atoms with Crippen LogP contribution < -0.4 is 16.8 Å². The predicted molar refractivity (Wildman–Crippen MR) is 128 cm³/mol. The van der Waals surface area contributed by atoms with Gasteiger partial charge in [0.15, 0.2) is 0 Å². The number of hydrogen-bond donors (Lipinski definition) is 3. The summed E-state index contributed by atoms with van der Waals surface area (Å²) in [4.78, 5) is 25.5. The Bertz CT molecular complexity index is 1200. The Morgan fingerprint density at radius 2 is 1.84 bits per heavy atom. The van der Waals surface area contributed by atoms with Crippen molar-refractivity contribution >= 4 is 28.8 Å². The van der Waals surface area contributed by atoms with E-state index < -0.39 is 5.41 Å². The summed E-state index contributed by atoms with van der Waals surface area (Å²) in [5.41, 5.74) is 15.7. The lowest BCUT2D eigenvalue weighted by molar-refractivity contribution is -0.122. The van der Waals surface area contributed by atoms with E-state index in [1.54, 1.807) is 35.9 Å². The molecule has 4 rings (SSSR count). The molecule has 1 fully saturated rings. The Balaban J connectivity index is 1.42. The Kier molecular flexibility index (Phi) is 5.87. The highest BCUT2D eigenvalue weighted by Crippen LogP contribution is 2.48. The molecule has 1 aromatic carbocycles. The number of allylic oxidation sites excluding steroid dienone is 3. The summed E-state index contributed by atoms with van der Waals surface area (Å²) >= 11 is 1.56. The highest BCUT2D eigenvalue weighted by Gasteiger charge is 2.51. The van der Waals surface area contributed by atoms with Gasteiger partial charge in [-0.1, -0.05) is 30.8 Å². The third kappa shape index (κ3) is 4.45. The molecule has 32 heavy (non-hydrogen) atoms. The fraction of sp³-hybridized carbons (Fsp3) is 0.167. The zero-order valence-corrected chi connectivity index (χ0v) is 18.5. The lowest BCUT2D eigenvalue weighted by Crippen LogP contribution is -2.33. The van der Waals surface area contributed by atoms with Crippen LogP contribution in [0.4, 0.5) is 5.95 Å². The van der Waals surface area contributed by atoms with Crippen molar-refractivity contribution in [2.24, 2.45) is 5.73 Å². The molecular formula is C24H24N6OS. The van der Waals surface area contributed by atoms with Gasteiger partial charge in [-0.25, -0.2) is 15.0 Å². The summed E-state index contributed by atoms with van der Waals surface area (Å²) in [5.74, 6) is 0.183. The molecule has 7 nitrogen and oxygen atoms in total. The minimum atomic E-state index is -0.522. The number of amides is 1. The second-order valence-electron chi connectivity index (χ2n) is 7.68. The van der Waals surface area contributed by atoms with E-state index in [0.29, 0.717) is 5.70 Å². The number of benzene rings is 1. The maximum atomic E-state index is 13.0. The van der Waals surface area contributed by atoms with Crippen LogP contribution in [0.5, 0.6) is 0 Å². The molecule has 8 heteroatoms. The van der Waals surface area contributed by atoms with Crippen LogP contribution in [0.15, 0.2) is 72.7 Å². The molecule has 0 spiro atoms. The maximum Gasteiger partial charge on any atom is 0.235 e. The molecule has 2 aromatic heterocycles. The van der Waals surface area contributed by atoms with Crippen molar-refractivity contribution in [3.8, 4) is 11.1 Å². The molecule has 1 saturated carbocycles. The molecule has 0 unspecified atom stereocenters. The van der Waals surface area contributed by atoms with Crippen LogP contribution in [0.2, 0.25) is 0 Å². The molecule has 1 aliphatic rings. The number of nitrogen functional groups attached to an aromatic ring is 1. The molecule has 1 aliphatic carbocycles. The first-order chi connectivity index (χ1) is 15.4. The topological polar surface area (TPSA) is 120 Å². The van der Waals surface area contributed by atoms with E-state index >= 15 is 0 Å². The number of anilines is 1. The van der Waals surface area contributed by atoms with Gasteiger partial charge in [0.1, 0.15) is 0 Å². The molecule has 0 bridgehead atoms. The van der Waals surface area contributed by atoms with Gasteiger partial charge in [-0.2, -0.15) is 0 Å². The van der Waals surface area contributed by atoms with E-state index in [-0.39, 0.29) is 11.9 Å². The third-order valence-electron chi connectivity index (χ3n) is 5.46. The van der Waals surface area contributed by atoms with E-state index in [2.05, 4.69) is 26.8 Å². The van der Waals surface area contributed by atoms with Gasteiger partial charge in [0.25, 0.3) is 0 Å². The van der Waals surface area contributed by atoms with E-state index in [0.717, 1.165) is 45.8 Å². The van der Waals surface area contributed by atoms with Gasteiger partial charge in [-0.05, 0) is 43.0 Å². The number of aromatic nitrogens is 3. The second-order valence-corrected chi connectivity index (χ2v) is 8.74. The predicted octanol–water partition coefficient (Wildman–Crippen LogP) is 3.71. The molecule has 0 aliphatic heterocycles.